The van der Waals surface area contributed by atoms with Gasteiger partial charge in [0.15, 0.2) is 11.5 Å². The maximum absolute atomic E-state index is 11.9. The second-order valence-corrected chi connectivity index (χ2v) is 3.71. The Hall–Kier alpha value is -2.50. The molecule has 0 spiro atoms. The molecule has 1 aromatic carbocycles. The van der Waals surface area contributed by atoms with Gasteiger partial charge in [-0.05, 0) is 19.1 Å². The zero-order valence-corrected chi connectivity index (χ0v) is 9.79. The minimum Gasteiger partial charge on any atom is -0.504 e. The van der Waals surface area contributed by atoms with E-state index in [1.807, 2.05) is 6.92 Å². The first-order chi connectivity index (χ1) is 8.61. The third kappa shape index (κ3) is 2.27. The van der Waals surface area contributed by atoms with Crippen molar-refractivity contribution in [1.29, 1.82) is 0 Å². The van der Waals surface area contributed by atoms with Gasteiger partial charge in [0.1, 0.15) is 0 Å². The summed E-state index contributed by atoms with van der Waals surface area (Å²) in [5.74, 6) is -1.26. The maximum atomic E-state index is 11.9. The fourth-order valence-electron chi connectivity index (χ4n) is 1.51. The smallest absolute Gasteiger partial charge is 0.259 e. The molecule has 1 aromatic heterocycles. The molecule has 0 saturated carbocycles. The number of benzene rings is 1. The van der Waals surface area contributed by atoms with E-state index >= 15 is 0 Å². The first-order valence-electron chi connectivity index (χ1n) is 5.46. The Morgan fingerprint density at radius 3 is 2.89 bits per heavy atom. The number of phenols is 2. The zero-order chi connectivity index (χ0) is 13.1. The van der Waals surface area contributed by atoms with E-state index in [1.54, 1.807) is 10.9 Å². The van der Waals surface area contributed by atoms with Crippen LogP contribution in [0.15, 0.2) is 30.6 Å². The van der Waals surface area contributed by atoms with Crippen LogP contribution in [0.25, 0.3) is 0 Å². The van der Waals surface area contributed by atoms with Crippen molar-refractivity contribution in [1.82, 2.24) is 9.78 Å². The molecule has 6 nitrogen and oxygen atoms in total. The average Bonchev–Trinajstić information content (AvgIpc) is 2.80. The van der Waals surface area contributed by atoms with Gasteiger partial charge in [-0.1, -0.05) is 6.07 Å². The normalized spacial score (nSPS) is 10.3. The highest BCUT2D eigenvalue weighted by Crippen LogP contribution is 2.28. The van der Waals surface area contributed by atoms with Gasteiger partial charge in [-0.3, -0.25) is 9.48 Å². The number of nitrogens with one attached hydrogen (secondary N) is 1. The van der Waals surface area contributed by atoms with Crippen molar-refractivity contribution in [3.63, 3.8) is 0 Å². The summed E-state index contributed by atoms with van der Waals surface area (Å²) in [5, 5.41) is 25.5. The zero-order valence-electron chi connectivity index (χ0n) is 9.79. The van der Waals surface area contributed by atoms with Gasteiger partial charge in [0.2, 0.25) is 0 Å². The van der Waals surface area contributed by atoms with Crippen molar-refractivity contribution in [2.45, 2.75) is 13.5 Å². The number of rotatable bonds is 3. The monoisotopic (exact) mass is 247 g/mol. The highest BCUT2D eigenvalue weighted by atomic mass is 16.3. The van der Waals surface area contributed by atoms with E-state index in [1.165, 1.54) is 24.4 Å². The molecular weight excluding hydrogens is 234 g/mol. The van der Waals surface area contributed by atoms with E-state index in [-0.39, 0.29) is 11.3 Å². The van der Waals surface area contributed by atoms with E-state index in [4.69, 9.17) is 0 Å². The molecule has 6 heteroatoms. The third-order valence-electron chi connectivity index (χ3n) is 2.47. The number of nitrogens with zero attached hydrogens (tertiary/aromatic N) is 2. The van der Waals surface area contributed by atoms with Gasteiger partial charge < -0.3 is 15.5 Å². The molecule has 2 aromatic rings. The number of anilines is 1. The highest BCUT2D eigenvalue weighted by molar-refractivity contribution is 6.06. The standard InChI is InChI=1S/C12H13N3O3/c1-2-15-7-8(6-13-15)14-12(18)9-4-3-5-10(16)11(9)17/h3-7,16-17H,2H2,1H3,(H,14,18). The number of aromatic nitrogens is 2. The summed E-state index contributed by atoms with van der Waals surface area (Å²) in [4.78, 5) is 11.9. The molecule has 0 aliphatic rings. The number of phenolic OH excluding ortho intramolecular Hbond substituents is 2. The second-order valence-electron chi connectivity index (χ2n) is 3.71. The summed E-state index contributed by atoms with van der Waals surface area (Å²) < 4.78 is 1.66. The minimum absolute atomic E-state index is 0.0132. The minimum atomic E-state index is -0.501. The lowest BCUT2D eigenvalue weighted by Crippen LogP contribution is -2.11. The maximum Gasteiger partial charge on any atom is 0.259 e. The largest absolute Gasteiger partial charge is 0.504 e. The number of amides is 1. The van der Waals surface area contributed by atoms with Crippen LogP contribution in [0.4, 0.5) is 5.69 Å². The Kier molecular flexibility index (Phi) is 3.18. The molecule has 1 amide bonds. The van der Waals surface area contributed by atoms with Crippen LogP contribution in [0, 0.1) is 0 Å². The summed E-state index contributed by atoms with van der Waals surface area (Å²) in [6.07, 6.45) is 3.19. The number of para-hydroxylation sites is 1. The topological polar surface area (TPSA) is 87.4 Å². The summed E-state index contributed by atoms with van der Waals surface area (Å²) >= 11 is 0. The van der Waals surface area contributed by atoms with Gasteiger partial charge in [-0.25, -0.2) is 0 Å². The molecule has 0 bridgehead atoms. The Bertz CT molecular complexity index is 578. The van der Waals surface area contributed by atoms with Crippen molar-refractivity contribution < 1.29 is 15.0 Å². The second kappa shape index (κ2) is 4.79. The summed E-state index contributed by atoms with van der Waals surface area (Å²) in [6.45, 7) is 2.63. The van der Waals surface area contributed by atoms with Crippen LogP contribution in [0.1, 0.15) is 17.3 Å². The van der Waals surface area contributed by atoms with Gasteiger partial charge >= 0.3 is 0 Å². The molecule has 2 rings (SSSR count). The first-order valence-corrected chi connectivity index (χ1v) is 5.46. The quantitative estimate of drug-likeness (QED) is 0.718. The number of hydrogen-bond acceptors (Lipinski definition) is 4. The summed E-state index contributed by atoms with van der Waals surface area (Å²) in [7, 11) is 0. The molecule has 0 saturated heterocycles. The lowest BCUT2D eigenvalue weighted by Gasteiger charge is -2.05. The van der Waals surface area contributed by atoms with E-state index in [2.05, 4.69) is 10.4 Å². The lowest BCUT2D eigenvalue weighted by atomic mass is 10.1. The molecule has 3 N–H and O–H groups in total. The Labute approximate surface area is 103 Å². The average molecular weight is 247 g/mol. The SMILES string of the molecule is CCn1cc(NC(=O)c2cccc(O)c2O)cn1. The number of carbonyl (C=O) groups excluding carboxylic acids is 1. The molecule has 18 heavy (non-hydrogen) atoms. The van der Waals surface area contributed by atoms with Crippen molar-refractivity contribution >= 4 is 11.6 Å². The third-order valence-corrected chi connectivity index (χ3v) is 2.47. The van der Waals surface area contributed by atoms with Crippen molar-refractivity contribution in [2.75, 3.05) is 5.32 Å². The Morgan fingerprint density at radius 1 is 1.44 bits per heavy atom. The van der Waals surface area contributed by atoms with Crippen molar-refractivity contribution in [2.24, 2.45) is 0 Å². The van der Waals surface area contributed by atoms with Crippen molar-refractivity contribution in [3.05, 3.63) is 36.2 Å². The van der Waals surface area contributed by atoms with Gasteiger partial charge in [0, 0.05) is 12.7 Å². The van der Waals surface area contributed by atoms with Gasteiger partial charge in [-0.2, -0.15) is 5.10 Å². The van der Waals surface area contributed by atoms with E-state index < -0.39 is 11.7 Å². The summed E-state index contributed by atoms with van der Waals surface area (Å²) in [6, 6.07) is 4.22. The highest BCUT2D eigenvalue weighted by Gasteiger charge is 2.14. The van der Waals surface area contributed by atoms with Crippen LogP contribution in [0.2, 0.25) is 0 Å². The predicted molar refractivity (Wildman–Crippen MR) is 65.6 cm³/mol. The first kappa shape index (κ1) is 12.0. The molecule has 94 valence electrons. The van der Waals surface area contributed by atoms with Crippen LogP contribution < -0.4 is 5.32 Å². The van der Waals surface area contributed by atoms with Crippen LogP contribution in [-0.4, -0.2) is 25.9 Å². The Morgan fingerprint density at radius 2 is 2.22 bits per heavy atom. The van der Waals surface area contributed by atoms with Crippen LogP contribution in [0.5, 0.6) is 11.5 Å². The van der Waals surface area contributed by atoms with Crippen LogP contribution in [-0.2, 0) is 6.54 Å². The van der Waals surface area contributed by atoms with E-state index in [0.29, 0.717) is 12.2 Å². The molecular formula is C12H13N3O3. The summed E-state index contributed by atoms with van der Waals surface area (Å²) in [5.41, 5.74) is 0.545. The van der Waals surface area contributed by atoms with Crippen LogP contribution in [0.3, 0.4) is 0 Å². The van der Waals surface area contributed by atoms with E-state index in [0.717, 1.165) is 0 Å². The molecule has 0 atom stereocenters. The van der Waals surface area contributed by atoms with Gasteiger partial charge in [0.05, 0.1) is 17.4 Å². The lowest BCUT2D eigenvalue weighted by molar-refractivity contribution is 0.102. The Balaban J connectivity index is 2.19. The number of aryl methyl sites for hydroxylation is 1. The van der Waals surface area contributed by atoms with Gasteiger partial charge in [-0.15, -0.1) is 0 Å². The van der Waals surface area contributed by atoms with Gasteiger partial charge in [0.25, 0.3) is 5.91 Å². The number of aromatic hydroxyl groups is 2. The fraction of sp³-hybridized carbons (Fsp3) is 0.167. The molecule has 0 aliphatic heterocycles. The predicted octanol–water partition coefficient (Wildman–Crippen LogP) is 1.57. The fourth-order valence-corrected chi connectivity index (χ4v) is 1.51. The molecule has 0 radical (unpaired) electrons. The van der Waals surface area contributed by atoms with Crippen molar-refractivity contribution in [3.8, 4) is 11.5 Å². The van der Waals surface area contributed by atoms with Crippen LogP contribution >= 0.6 is 0 Å². The molecule has 1 heterocycles. The molecule has 0 unspecified atom stereocenters. The number of hydrogen-bond donors (Lipinski definition) is 3. The van der Waals surface area contributed by atoms with E-state index in [9.17, 15) is 15.0 Å². The molecule has 0 fully saturated rings. The number of carbonyl (C=O) groups is 1. The molecule has 0 aliphatic carbocycles.